The molecule has 0 amide bonds. The summed E-state index contributed by atoms with van der Waals surface area (Å²) in [7, 11) is -3.32. The van der Waals surface area contributed by atoms with Crippen molar-refractivity contribution in [1.29, 1.82) is 0 Å². The molecule has 1 aliphatic rings. The highest BCUT2D eigenvalue weighted by Crippen LogP contribution is 2.25. The molecule has 8 heteroatoms. The van der Waals surface area contributed by atoms with Crippen molar-refractivity contribution in [2.24, 2.45) is 5.92 Å². The van der Waals surface area contributed by atoms with Gasteiger partial charge in [0.25, 0.3) is 0 Å². The smallest absolute Gasteiger partial charge is 0.178 e. The SMILES string of the molecule is Cl.O=S(=O)(CC1CCN(CCCc2noc3cc(F)ccc23)C1)c1ccc2ccccc2c1. The minimum Gasteiger partial charge on any atom is -0.356 e. The molecule has 0 N–H and O–H groups in total. The van der Waals surface area contributed by atoms with Crippen molar-refractivity contribution in [2.75, 3.05) is 25.4 Å². The van der Waals surface area contributed by atoms with Crippen molar-refractivity contribution >= 4 is 44.0 Å². The highest BCUT2D eigenvalue weighted by Gasteiger charge is 2.28. The predicted molar refractivity (Wildman–Crippen MR) is 130 cm³/mol. The van der Waals surface area contributed by atoms with Crippen LogP contribution in [-0.2, 0) is 16.3 Å². The van der Waals surface area contributed by atoms with E-state index in [2.05, 4.69) is 10.1 Å². The summed E-state index contributed by atoms with van der Waals surface area (Å²) >= 11 is 0. The molecule has 33 heavy (non-hydrogen) atoms. The molecule has 0 bridgehead atoms. The molecule has 4 aromatic rings. The average molecular weight is 489 g/mol. The normalized spacial score (nSPS) is 16.9. The van der Waals surface area contributed by atoms with Gasteiger partial charge in [-0.1, -0.05) is 35.5 Å². The van der Waals surface area contributed by atoms with Gasteiger partial charge >= 0.3 is 0 Å². The van der Waals surface area contributed by atoms with E-state index in [0.717, 1.165) is 60.7 Å². The second-order valence-corrected chi connectivity index (χ2v) is 10.7. The maximum Gasteiger partial charge on any atom is 0.178 e. The Kier molecular flexibility index (Phi) is 7.02. The number of aryl methyl sites for hydroxylation is 1. The van der Waals surface area contributed by atoms with Gasteiger partial charge in [0.05, 0.1) is 16.3 Å². The van der Waals surface area contributed by atoms with E-state index in [1.165, 1.54) is 12.1 Å². The van der Waals surface area contributed by atoms with E-state index in [4.69, 9.17) is 4.52 Å². The van der Waals surface area contributed by atoms with Crippen molar-refractivity contribution in [3.8, 4) is 0 Å². The van der Waals surface area contributed by atoms with Crippen LogP contribution >= 0.6 is 12.4 Å². The van der Waals surface area contributed by atoms with Gasteiger partial charge in [0, 0.05) is 18.0 Å². The zero-order chi connectivity index (χ0) is 22.1. The Bertz CT molecular complexity index is 1370. The van der Waals surface area contributed by atoms with Crippen molar-refractivity contribution in [1.82, 2.24) is 10.1 Å². The minimum atomic E-state index is -3.32. The van der Waals surface area contributed by atoms with Crippen LogP contribution in [0.25, 0.3) is 21.7 Å². The summed E-state index contributed by atoms with van der Waals surface area (Å²) < 4.78 is 44.5. The molecule has 0 radical (unpaired) electrons. The number of hydrogen-bond donors (Lipinski definition) is 0. The fraction of sp³-hybridized carbons (Fsp3) is 0.320. The lowest BCUT2D eigenvalue weighted by atomic mass is 10.1. The van der Waals surface area contributed by atoms with Crippen LogP contribution in [0.15, 0.2) is 70.1 Å². The number of halogens is 2. The van der Waals surface area contributed by atoms with Crippen LogP contribution in [0.5, 0.6) is 0 Å². The van der Waals surface area contributed by atoms with E-state index in [9.17, 15) is 12.8 Å². The number of sulfone groups is 1. The molecule has 5 rings (SSSR count). The third-order valence-corrected chi connectivity index (χ3v) is 8.18. The van der Waals surface area contributed by atoms with Gasteiger partial charge in [-0.05, 0) is 73.3 Å². The summed E-state index contributed by atoms with van der Waals surface area (Å²) in [5, 5.41) is 6.93. The van der Waals surface area contributed by atoms with Gasteiger partial charge in [0.15, 0.2) is 15.4 Å². The van der Waals surface area contributed by atoms with E-state index in [-0.39, 0.29) is 29.9 Å². The van der Waals surface area contributed by atoms with Crippen LogP contribution < -0.4 is 0 Å². The molecule has 5 nitrogen and oxygen atoms in total. The fourth-order valence-electron chi connectivity index (χ4n) is 4.63. The lowest BCUT2D eigenvalue weighted by Crippen LogP contribution is -2.24. The van der Waals surface area contributed by atoms with Gasteiger partial charge in [-0.2, -0.15) is 0 Å². The zero-order valence-corrected chi connectivity index (χ0v) is 19.7. The molecule has 1 atom stereocenters. The molecule has 0 spiro atoms. The summed E-state index contributed by atoms with van der Waals surface area (Å²) in [5.41, 5.74) is 1.31. The largest absolute Gasteiger partial charge is 0.356 e. The highest BCUT2D eigenvalue weighted by atomic mass is 35.5. The summed E-state index contributed by atoms with van der Waals surface area (Å²) in [6.45, 7) is 2.57. The van der Waals surface area contributed by atoms with Crippen LogP contribution in [0.2, 0.25) is 0 Å². The molecule has 0 aliphatic carbocycles. The van der Waals surface area contributed by atoms with E-state index < -0.39 is 9.84 Å². The zero-order valence-electron chi connectivity index (χ0n) is 18.1. The Morgan fingerprint density at radius 3 is 2.73 bits per heavy atom. The first-order valence-corrected chi connectivity index (χ1v) is 12.6. The topological polar surface area (TPSA) is 63.4 Å². The molecule has 2 heterocycles. The summed E-state index contributed by atoms with van der Waals surface area (Å²) in [4.78, 5) is 2.73. The highest BCUT2D eigenvalue weighted by molar-refractivity contribution is 7.91. The van der Waals surface area contributed by atoms with Crippen molar-refractivity contribution in [3.63, 3.8) is 0 Å². The molecule has 1 unspecified atom stereocenters. The Morgan fingerprint density at radius 2 is 1.88 bits per heavy atom. The molecule has 1 fully saturated rings. The van der Waals surface area contributed by atoms with Gasteiger partial charge in [-0.3, -0.25) is 0 Å². The van der Waals surface area contributed by atoms with E-state index in [1.807, 2.05) is 30.3 Å². The van der Waals surface area contributed by atoms with Gasteiger partial charge in [0.1, 0.15) is 5.82 Å². The second-order valence-electron chi connectivity index (χ2n) is 8.62. The number of hydrogen-bond acceptors (Lipinski definition) is 5. The Morgan fingerprint density at radius 1 is 1.06 bits per heavy atom. The molecule has 3 aromatic carbocycles. The van der Waals surface area contributed by atoms with Crippen LogP contribution in [0.4, 0.5) is 4.39 Å². The summed E-state index contributed by atoms with van der Waals surface area (Å²) in [6.07, 6.45) is 2.53. The Labute approximate surface area is 198 Å². The monoisotopic (exact) mass is 488 g/mol. The van der Waals surface area contributed by atoms with Crippen LogP contribution in [0.3, 0.4) is 0 Å². The summed E-state index contributed by atoms with van der Waals surface area (Å²) in [5.74, 6) is -0.00861. The van der Waals surface area contributed by atoms with Gasteiger partial charge < -0.3 is 9.42 Å². The number of nitrogens with zero attached hydrogens (tertiary/aromatic N) is 2. The number of likely N-dealkylation sites (tertiary alicyclic amines) is 1. The second kappa shape index (κ2) is 9.79. The minimum absolute atomic E-state index is 0. The average Bonchev–Trinajstić information content (AvgIpc) is 3.39. The molecular weight excluding hydrogens is 463 g/mol. The molecule has 1 aromatic heterocycles. The van der Waals surface area contributed by atoms with Gasteiger partial charge in [-0.25, -0.2) is 12.8 Å². The third-order valence-electron chi connectivity index (χ3n) is 6.30. The first kappa shape index (κ1) is 23.7. The lowest BCUT2D eigenvalue weighted by molar-refractivity contribution is 0.322. The first-order chi connectivity index (χ1) is 15.5. The van der Waals surface area contributed by atoms with Crippen molar-refractivity contribution < 1.29 is 17.3 Å². The Balaban J connectivity index is 0.00000259. The number of benzene rings is 3. The van der Waals surface area contributed by atoms with E-state index >= 15 is 0 Å². The first-order valence-electron chi connectivity index (χ1n) is 11.0. The van der Waals surface area contributed by atoms with Crippen LogP contribution in [0, 0.1) is 11.7 Å². The van der Waals surface area contributed by atoms with E-state index in [1.54, 1.807) is 18.2 Å². The van der Waals surface area contributed by atoms with E-state index in [0.29, 0.717) is 10.5 Å². The molecule has 1 aliphatic heterocycles. The maximum absolute atomic E-state index is 13.3. The maximum atomic E-state index is 13.3. The molecule has 1 saturated heterocycles. The molecule has 0 saturated carbocycles. The predicted octanol–water partition coefficient (Wildman–Crippen LogP) is 5.27. The van der Waals surface area contributed by atoms with Crippen LogP contribution in [-0.4, -0.2) is 43.9 Å². The van der Waals surface area contributed by atoms with Gasteiger partial charge in [0.2, 0.25) is 0 Å². The quantitative estimate of drug-likeness (QED) is 0.354. The van der Waals surface area contributed by atoms with Crippen LogP contribution in [0.1, 0.15) is 18.5 Å². The standard InChI is InChI=1S/C25H25FN2O3S.ClH/c26-21-8-10-23-24(27-31-25(23)15-21)6-3-12-28-13-11-18(16-28)17-32(29,30)22-9-7-19-4-1-2-5-20(19)14-22;/h1-2,4-5,7-10,14-15,18H,3,6,11-13,16-17H2;1H. The number of fused-ring (bicyclic) bond motifs is 2. The molecule has 174 valence electrons. The molecular formula is C25H26ClFN2O3S. The lowest BCUT2D eigenvalue weighted by Gasteiger charge is -2.16. The fourth-order valence-corrected chi connectivity index (χ4v) is 6.30. The third kappa shape index (κ3) is 5.21. The van der Waals surface area contributed by atoms with Crippen molar-refractivity contribution in [2.45, 2.75) is 24.2 Å². The number of rotatable bonds is 7. The summed E-state index contributed by atoms with van der Waals surface area (Å²) in [6, 6.07) is 17.7. The Hall–Kier alpha value is -2.48. The van der Waals surface area contributed by atoms with Gasteiger partial charge in [-0.15, -0.1) is 12.4 Å². The van der Waals surface area contributed by atoms with Crippen molar-refractivity contribution in [3.05, 3.63) is 72.2 Å². The number of aromatic nitrogens is 1.